The summed E-state index contributed by atoms with van der Waals surface area (Å²) < 4.78 is 37.9. The van der Waals surface area contributed by atoms with Crippen molar-refractivity contribution < 1.29 is 57.6 Å². The molecule has 54 heavy (non-hydrogen) atoms. The van der Waals surface area contributed by atoms with Gasteiger partial charge in [-0.05, 0) is 100 Å². The van der Waals surface area contributed by atoms with Gasteiger partial charge in [0, 0.05) is 37.5 Å². The number of ether oxygens (including phenoxy) is 6. The Morgan fingerprint density at radius 3 is 1.46 bits per heavy atom. The molecule has 2 spiro atoms. The van der Waals surface area contributed by atoms with E-state index in [2.05, 4.69) is 27.7 Å². The fourth-order valence-electron chi connectivity index (χ4n) is 12.1. The number of hydrogen-bond acceptors (Lipinski definition) is 12. The molecule has 4 bridgehead atoms. The maximum absolute atomic E-state index is 13.5. The minimum absolute atomic E-state index is 0.133. The Labute approximate surface area is 318 Å². The zero-order valence-electron chi connectivity index (χ0n) is 32.6. The van der Waals surface area contributed by atoms with E-state index in [4.69, 9.17) is 48.0 Å². The number of carbonyl (C=O) groups is 2. The first-order valence-corrected chi connectivity index (χ1v) is 20.7. The van der Waals surface area contributed by atoms with E-state index in [0.29, 0.717) is 24.7 Å². The molecule has 298 valence electrons. The summed E-state index contributed by atoms with van der Waals surface area (Å²) in [5.74, 6) is -0.615. The van der Waals surface area contributed by atoms with Crippen molar-refractivity contribution in [2.75, 3.05) is 13.2 Å². The summed E-state index contributed by atoms with van der Waals surface area (Å²) in [6.07, 6.45) is 7.19. The average molecular weight is 755 g/mol. The molecule has 10 aliphatic rings. The van der Waals surface area contributed by atoms with E-state index in [0.717, 1.165) is 51.4 Å². The minimum atomic E-state index is -0.846. The van der Waals surface area contributed by atoms with Crippen LogP contribution in [-0.4, -0.2) is 72.7 Å². The Kier molecular flexibility index (Phi) is 9.53. The normalized spacial score (nSPS) is 48.9. The number of esters is 2. The summed E-state index contributed by atoms with van der Waals surface area (Å²) >= 11 is 0. The molecule has 12 heteroatoms. The second kappa shape index (κ2) is 13.7. The maximum Gasteiger partial charge on any atom is 0.339 e. The van der Waals surface area contributed by atoms with Crippen LogP contribution in [0.15, 0.2) is 24.3 Å². The van der Waals surface area contributed by atoms with Crippen LogP contribution >= 0.6 is 0 Å². The summed E-state index contributed by atoms with van der Waals surface area (Å²) in [6.45, 7) is 13.1. The van der Waals surface area contributed by atoms with Crippen LogP contribution in [0.1, 0.15) is 126 Å². The van der Waals surface area contributed by atoms with E-state index in [1.807, 2.05) is 13.8 Å². The topological polar surface area (TPSA) is 126 Å². The van der Waals surface area contributed by atoms with Crippen LogP contribution < -0.4 is 0 Å². The average Bonchev–Trinajstić information content (AvgIpc) is 3.53. The lowest BCUT2D eigenvalue weighted by Crippen LogP contribution is -2.70. The van der Waals surface area contributed by atoms with Crippen LogP contribution in [0.5, 0.6) is 0 Å². The molecule has 2 aliphatic carbocycles. The number of hydrogen-bond donors (Lipinski definition) is 0. The van der Waals surface area contributed by atoms with Crippen LogP contribution in [-0.2, 0) is 48.0 Å². The Bertz CT molecular complexity index is 1490. The molecule has 11 rings (SSSR count). The van der Waals surface area contributed by atoms with Gasteiger partial charge in [-0.3, -0.25) is 0 Å². The van der Waals surface area contributed by atoms with Gasteiger partial charge in [0.2, 0.25) is 11.6 Å². The molecular formula is C42H58O12. The van der Waals surface area contributed by atoms with E-state index in [-0.39, 0.29) is 72.1 Å². The lowest BCUT2D eigenvalue weighted by molar-refractivity contribution is -0.571. The third kappa shape index (κ3) is 5.83. The third-order valence-electron chi connectivity index (χ3n) is 15.2. The first-order valence-electron chi connectivity index (χ1n) is 20.7. The molecular weight excluding hydrogens is 696 g/mol. The summed E-state index contributed by atoms with van der Waals surface area (Å²) in [7, 11) is 0. The highest BCUT2D eigenvalue weighted by Gasteiger charge is 2.70. The molecule has 1 aromatic rings. The third-order valence-corrected chi connectivity index (χ3v) is 15.2. The molecule has 8 aliphatic heterocycles. The van der Waals surface area contributed by atoms with E-state index in [9.17, 15) is 9.59 Å². The van der Waals surface area contributed by atoms with Gasteiger partial charge in [-0.1, -0.05) is 39.8 Å². The lowest BCUT2D eigenvalue weighted by atomic mass is 9.57. The van der Waals surface area contributed by atoms with Crippen LogP contribution in [0.3, 0.4) is 0 Å². The van der Waals surface area contributed by atoms with Crippen molar-refractivity contribution in [1.29, 1.82) is 0 Å². The molecule has 0 radical (unpaired) electrons. The molecule has 8 heterocycles. The van der Waals surface area contributed by atoms with Gasteiger partial charge in [0.05, 0.1) is 36.5 Å². The first kappa shape index (κ1) is 37.4. The predicted molar refractivity (Wildman–Crippen MR) is 190 cm³/mol. The largest absolute Gasteiger partial charge is 0.462 e. The fourth-order valence-corrected chi connectivity index (χ4v) is 12.1. The van der Waals surface area contributed by atoms with Crippen molar-refractivity contribution in [2.45, 2.75) is 153 Å². The van der Waals surface area contributed by atoms with Crippen LogP contribution in [0.2, 0.25) is 0 Å². The Hall–Kier alpha value is -2.16. The Balaban J connectivity index is 0.812. The smallest absolute Gasteiger partial charge is 0.339 e. The van der Waals surface area contributed by atoms with Crippen LogP contribution in [0, 0.1) is 47.3 Å². The lowest BCUT2D eigenvalue weighted by Gasteiger charge is -2.60. The zero-order chi connectivity index (χ0) is 37.6. The van der Waals surface area contributed by atoms with Gasteiger partial charge < -0.3 is 28.4 Å². The van der Waals surface area contributed by atoms with Gasteiger partial charge in [0.15, 0.2) is 23.8 Å². The molecule has 2 saturated carbocycles. The second-order valence-corrected chi connectivity index (χ2v) is 18.3. The van der Waals surface area contributed by atoms with Gasteiger partial charge in [-0.25, -0.2) is 29.1 Å². The van der Waals surface area contributed by atoms with E-state index in [1.54, 1.807) is 24.3 Å². The van der Waals surface area contributed by atoms with Gasteiger partial charge in [0.25, 0.3) is 0 Å². The number of carbonyl (C=O) groups excluding carboxylic acids is 2. The highest BCUT2D eigenvalue weighted by atomic mass is 17.3. The minimum Gasteiger partial charge on any atom is -0.462 e. The molecule has 0 unspecified atom stereocenters. The zero-order valence-corrected chi connectivity index (χ0v) is 32.6. The first-order chi connectivity index (χ1) is 25.9. The SMILES string of the molecule is C[C@H]1[C@@H](CCOC(=O)c2ccccc2C(=O)OCC[C@H]2O[C@@H]3O[C@]4(C)CC[C@H]5[C@H](C)CC[C@@H]([C@H]2C)[C@@]35OO4)O[C@@H]2O[C@]3(C)CC[C@H]4[C@H](C)CC[C@@H]1[C@@]24OO3. The van der Waals surface area contributed by atoms with Crippen LogP contribution in [0.4, 0.5) is 0 Å². The monoisotopic (exact) mass is 754 g/mol. The molecule has 0 aromatic heterocycles. The van der Waals surface area contributed by atoms with Gasteiger partial charge in [-0.15, -0.1) is 0 Å². The van der Waals surface area contributed by atoms with Gasteiger partial charge >= 0.3 is 11.9 Å². The Morgan fingerprint density at radius 1 is 0.611 bits per heavy atom. The Morgan fingerprint density at radius 2 is 1.04 bits per heavy atom. The van der Waals surface area contributed by atoms with E-state index >= 15 is 0 Å². The molecule has 8 saturated heterocycles. The van der Waals surface area contributed by atoms with Crippen LogP contribution in [0.25, 0.3) is 0 Å². The van der Waals surface area contributed by atoms with Gasteiger partial charge in [0.1, 0.15) is 0 Å². The molecule has 16 atom stereocenters. The van der Waals surface area contributed by atoms with Crippen molar-refractivity contribution in [2.24, 2.45) is 47.3 Å². The van der Waals surface area contributed by atoms with Gasteiger partial charge in [-0.2, -0.15) is 0 Å². The second-order valence-electron chi connectivity index (χ2n) is 18.3. The van der Waals surface area contributed by atoms with E-state index in [1.165, 1.54) is 0 Å². The fraction of sp³-hybridized carbons (Fsp3) is 0.810. The highest BCUT2D eigenvalue weighted by Crippen LogP contribution is 2.62. The maximum atomic E-state index is 13.5. The summed E-state index contributed by atoms with van der Waals surface area (Å²) in [4.78, 5) is 51.4. The highest BCUT2D eigenvalue weighted by molar-refractivity contribution is 6.03. The number of rotatable bonds is 8. The van der Waals surface area contributed by atoms with Crippen molar-refractivity contribution >= 4 is 11.9 Å². The molecule has 12 nitrogen and oxygen atoms in total. The van der Waals surface area contributed by atoms with Crippen molar-refractivity contribution in [3.63, 3.8) is 0 Å². The molecule has 0 amide bonds. The van der Waals surface area contributed by atoms with Crippen molar-refractivity contribution in [3.8, 4) is 0 Å². The molecule has 10 fully saturated rings. The van der Waals surface area contributed by atoms with E-state index < -0.39 is 47.3 Å². The predicted octanol–water partition coefficient (Wildman–Crippen LogP) is 7.28. The number of fused-ring (bicyclic) bond motifs is 4. The summed E-state index contributed by atoms with van der Waals surface area (Å²) in [5.41, 5.74) is -0.924. The quantitative estimate of drug-likeness (QED) is 0.196. The molecule has 0 N–H and O–H groups in total. The summed E-state index contributed by atoms with van der Waals surface area (Å²) in [6, 6.07) is 6.65. The van der Waals surface area contributed by atoms with Crippen molar-refractivity contribution in [1.82, 2.24) is 0 Å². The number of benzene rings is 1. The summed E-state index contributed by atoms with van der Waals surface area (Å²) in [5, 5.41) is 0. The molecule has 1 aromatic carbocycles. The van der Waals surface area contributed by atoms with Crippen molar-refractivity contribution in [3.05, 3.63) is 35.4 Å². The standard InChI is InChI=1S/C42H58O12/c1-23-11-13-31-25(3)33(47-37-41(31)29(23)15-19-39(5,49-37)51-53-41)17-21-45-35(43)27-9-7-8-10-28(27)36(44)46-22-18-34-26(4)32-14-12-24(2)30-16-20-40(6)50-38(48-34)42(30,32)54-52-40/h7-10,23-26,29-34,37-38H,11-22H2,1-6H3/t23-,24-,25-,26-,29+,30+,31+,32+,33-,34-,37-,38-,39+,40+,41-,42-/m1/s1.